The third-order valence-corrected chi connectivity index (χ3v) is 4.85. The zero-order chi connectivity index (χ0) is 16.2. The van der Waals surface area contributed by atoms with Crippen LogP contribution in [-0.2, 0) is 9.53 Å². The van der Waals surface area contributed by atoms with Gasteiger partial charge in [0.15, 0.2) is 5.78 Å². The zero-order valence-corrected chi connectivity index (χ0v) is 14.1. The largest absolute Gasteiger partial charge is 0.371 e. The Hall–Kier alpha value is -1.40. The van der Waals surface area contributed by atoms with Gasteiger partial charge in [-0.2, -0.15) is 0 Å². The fraction of sp³-hybridized carbons (Fsp3) is 0.562. The second-order valence-corrected chi connectivity index (χ2v) is 6.81. The summed E-state index contributed by atoms with van der Waals surface area (Å²) in [7, 11) is 1.53. The molecule has 0 aliphatic carbocycles. The maximum Gasteiger partial charge on any atom is 0.255 e. The number of nitrogens with zero attached hydrogens (tertiary/aromatic N) is 2. The first-order valence-electron chi connectivity index (χ1n) is 7.40. The molecule has 1 aliphatic heterocycles. The van der Waals surface area contributed by atoms with Crippen molar-refractivity contribution < 1.29 is 14.3 Å². The number of thioether (sulfide) groups is 1. The van der Waals surface area contributed by atoms with Crippen molar-refractivity contribution in [1.82, 2.24) is 9.88 Å². The van der Waals surface area contributed by atoms with Crippen molar-refractivity contribution in [3.05, 3.63) is 23.9 Å². The average molecular weight is 322 g/mol. The molecule has 0 atom stereocenters. The number of likely N-dealkylation sites (tertiary alicyclic amines) is 1. The molecular weight excluding hydrogens is 300 g/mol. The molecule has 1 fully saturated rings. The highest BCUT2D eigenvalue weighted by atomic mass is 32.2. The highest BCUT2D eigenvalue weighted by molar-refractivity contribution is 7.99. The Morgan fingerprint density at radius 2 is 2.00 bits per heavy atom. The Kier molecular flexibility index (Phi) is 5.58. The molecule has 0 spiro atoms. The second-order valence-electron chi connectivity index (χ2n) is 5.81. The van der Waals surface area contributed by atoms with Crippen LogP contribution < -0.4 is 0 Å². The summed E-state index contributed by atoms with van der Waals surface area (Å²) < 4.78 is 5.16. The minimum absolute atomic E-state index is 0.0130. The second kappa shape index (κ2) is 7.24. The van der Waals surface area contributed by atoms with Crippen LogP contribution in [-0.4, -0.2) is 53.1 Å². The van der Waals surface area contributed by atoms with Crippen molar-refractivity contribution in [3.63, 3.8) is 0 Å². The first-order valence-corrected chi connectivity index (χ1v) is 8.39. The van der Waals surface area contributed by atoms with Gasteiger partial charge in [0, 0.05) is 26.4 Å². The lowest BCUT2D eigenvalue weighted by Gasteiger charge is -2.20. The number of pyridine rings is 1. The van der Waals surface area contributed by atoms with E-state index in [1.165, 1.54) is 18.9 Å². The molecule has 120 valence electrons. The lowest BCUT2D eigenvalue weighted by molar-refractivity contribution is -0.134. The monoisotopic (exact) mass is 322 g/mol. The van der Waals surface area contributed by atoms with Crippen molar-refractivity contribution in [1.29, 1.82) is 0 Å². The van der Waals surface area contributed by atoms with Gasteiger partial charge in [-0.1, -0.05) is 11.8 Å². The van der Waals surface area contributed by atoms with Crippen molar-refractivity contribution in [2.75, 3.05) is 26.0 Å². The van der Waals surface area contributed by atoms with Crippen LogP contribution >= 0.6 is 11.8 Å². The van der Waals surface area contributed by atoms with Gasteiger partial charge in [-0.25, -0.2) is 4.98 Å². The molecule has 1 aliphatic rings. The summed E-state index contributed by atoms with van der Waals surface area (Å²) in [6, 6.07) is 3.57. The lowest BCUT2D eigenvalue weighted by atomic mass is 10.1. The number of ether oxygens (including phenoxy) is 1. The van der Waals surface area contributed by atoms with Gasteiger partial charge < -0.3 is 9.64 Å². The van der Waals surface area contributed by atoms with Crippen LogP contribution in [0.4, 0.5) is 0 Å². The summed E-state index contributed by atoms with van der Waals surface area (Å²) in [4.78, 5) is 30.3. The molecular formula is C16H22N2O3S. The van der Waals surface area contributed by atoms with Crippen LogP contribution in [0.15, 0.2) is 23.4 Å². The van der Waals surface area contributed by atoms with Gasteiger partial charge in [-0.3, -0.25) is 9.59 Å². The van der Waals surface area contributed by atoms with Crippen LogP contribution in [0.2, 0.25) is 0 Å². The number of carbonyl (C=O) groups is 2. The van der Waals surface area contributed by atoms with E-state index < -0.39 is 5.60 Å². The third-order valence-electron chi connectivity index (χ3n) is 3.91. The van der Waals surface area contributed by atoms with Crippen molar-refractivity contribution in [2.24, 2.45) is 0 Å². The van der Waals surface area contributed by atoms with Crippen molar-refractivity contribution >= 4 is 23.5 Å². The van der Waals surface area contributed by atoms with Crippen LogP contribution in [0.1, 0.15) is 37.0 Å². The van der Waals surface area contributed by atoms with Crippen LogP contribution in [0.3, 0.4) is 0 Å². The number of hydrogen-bond donors (Lipinski definition) is 0. The molecule has 22 heavy (non-hydrogen) atoms. The normalized spacial score (nSPS) is 15.1. The first kappa shape index (κ1) is 17.0. The van der Waals surface area contributed by atoms with E-state index in [2.05, 4.69) is 4.98 Å². The molecule has 2 rings (SSSR count). The number of amides is 1. The fourth-order valence-corrected chi connectivity index (χ4v) is 3.04. The number of rotatable bonds is 6. The molecule has 0 N–H and O–H groups in total. The highest BCUT2D eigenvalue weighted by Gasteiger charge is 2.26. The van der Waals surface area contributed by atoms with E-state index in [0.29, 0.717) is 11.3 Å². The van der Waals surface area contributed by atoms with Gasteiger partial charge in [0.2, 0.25) is 0 Å². The minimum Gasteiger partial charge on any atom is -0.371 e. The predicted octanol–water partition coefficient (Wildman–Crippen LogP) is 2.40. The summed E-state index contributed by atoms with van der Waals surface area (Å²) in [5.41, 5.74) is -0.173. The van der Waals surface area contributed by atoms with E-state index in [4.69, 9.17) is 4.74 Å². The number of Topliss-reactive ketones (excluding diaryl/α,β-unsaturated/α-hetero) is 1. The summed E-state index contributed by atoms with van der Waals surface area (Å²) >= 11 is 1.36. The van der Waals surface area contributed by atoms with Crippen molar-refractivity contribution in [3.8, 4) is 0 Å². The molecule has 1 aromatic heterocycles. The van der Waals surface area contributed by atoms with E-state index in [-0.39, 0.29) is 11.7 Å². The summed E-state index contributed by atoms with van der Waals surface area (Å²) in [6.07, 6.45) is 3.74. The molecule has 6 heteroatoms. The fourth-order valence-electron chi connectivity index (χ4n) is 2.12. The van der Waals surface area contributed by atoms with Gasteiger partial charge in [-0.05, 0) is 38.8 Å². The Morgan fingerprint density at radius 1 is 1.32 bits per heavy atom. The third kappa shape index (κ3) is 4.08. The molecule has 1 saturated heterocycles. The van der Waals surface area contributed by atoms with E-state index in [0.717, 1.165) is 31.0 Å². The maximum atomic E-state index is 12.2. The minimum atomic E-state index is -0.779. The average Bonchev–Trinajstić information content (AvgIpc) is 3.06. The summed E-state index contributed by atoms with van der Waals surface area (Å²) in [5.74, 6) is 0.352. The van der Waals surface area contributed by atoms with Gasteiger partial charge in [0.1, 0.15) is 5.60 Å². The zero-order valence-electron chi connectivity index (χ0n) is 13.3. The van der Waals surface area contributed by atoms with E-state index in [1.807, 2.05) is 4.90 Å². The Morgan fingerprint density at radius 3 is 2.55 bits per heavy atom. The summed E-state index contributed by atoms with van der Waals surface area (Å²) in [6.45, 7) is 5.16. The number of ketones is 1. The van der Waals surface area contributed by atoms with Gasteiger partial charge >= 0.3 is 0 Å². The molecule has 0 bridgehead atoms. The van der Waals surface area contributed by atoms with E-state index in [9.17, 15) is 9.59 Å². The predicted molar refractivity (Wildman–Crippen MR) is 86.2 cm³/mol. The number of aromatic nitrogens is 1. The van der Waals surface area contributed by atoms with Crippen molar-refractivity contribution in [2.45, 2.75) is 37.3 Å². The lowest BCUT2D eigenvalue weighted by Crippen LogP contribution is -2.35. The SMILES string of the molecule is COC(C)(C)C(=O)CSc1ccc(C(=O)N2CCCC2)cn1. The Bertz CT molecular complexity index is 537. The van der Waals surface area contributed by atoms with Crippen LogP contribution in [0.5, 0.6) is 0 Å². The number of hydrogen-bond acceptors (Lipinski definition) is 5. The maximum absolute atomic E-state index is 12.2. The number of carbonyl (C=O) groups excluding carboxylic acids is 2. The van der Waals surface area contributed by atoms with E-state index >= 15 is 0 Å². The Labute approximate surface area is 135 Å². The topological polar surface area (TPSA) is 59.5 Å². The molecule has 0 saturated carbocycles. The molecule has 1 aromatic rings. The number of methoxy groups -OCH3 is 1. The standard InChI is InChI=1S/C16H22N2O3S/c1-16(2,21-3)13(19)11-22-14-7-6-12(10-17-14)15(20)18-8-4-5-9-18/h6-7,10H,4-5,8-9,11H2,1-3H3. The van der Waals surface area contributed by atoms with Crippen LogP contribution in [0.25, 0.3) is 0 Å². The highest BCUT2D eigenvalue weighted by Crippen LogP contribution is 2.20. The van der Waals surface area contributed by atoms with Gasteiger partial charge in [-0.15, -0.1) is 0 Å². The van der Waals surface area contributed by atoms with E-state index in [1.54, 1.807) is 32.2 Å². The molecule has 0 unspecified atom stereocenters. The quantitative estimate of drug-likeness (QED) is 0.753. The molecule has 5 nitrogen and oxygen atoms in total. The molecule has 0 aromatic carbocycles. The van der Waals surface area contributed by atoms with Crippen LogP contribution in [0, 0.1) is 0 Å². The first-order chi connectivity index (χ1) is 10.4. The molecule has 2 heterocycles. The molecule has 1 amide bonds. The van der Waals surface area contributed by atoms with Gasteiger partial charge in [0.25, 0.3) is 5.91 Å². The van der Waals surface area contributed by atoms with Gasteiger partial charge in [0.05, 0.1) is 16.3 Å². The Balaban J connectivity index is 1.92. The summed E-state index contributed by atoms with van der Waals surface area (Å²) in [5, 5.41) is 0.734. The smallest absolute Gasteiger partial charge is 0.255 e. The molecule has 0 radical (unpaired) electrons.